The lowest BCUT2D eigenvalue weighted by Gasteiger charge is -2.30. The molecule has 0 aromatic heterocycles. The van der Waals surface area contributed by atoms with E-state index in [-0.39, 0.29) is 17.9 Å². The molecule has 18 heavy (non-hydrogen) atoms. The zero-order chi connectivity index (χ0) is 13.5. The molecule has 1 amide bonds. The summed E-state index contributed by atoms with van der Waals surface area (Å²) in [6.45, 7) is 7.54. The first-order valence-electron chi connectivity index (χ1n) is 6.80. The smallest absolute Gasteiger partial charge is 0.237 e. The molecule has 0 saturated carbocycles. The first-order valence-corrected chi connectivity index (χ1v) is 6.80. The van der Waals surface area contributed by atoms with Crippen LogP contribution in [0.15, 0.2) is 0 Å². The van der Waals surface area contributed by atoms with Crippen molar-refractivity contribution >= 4 is 5.91 Å². The van der Waals surface area contributed by atoms with Crippen LogP contribution in [0.1, 0.15) is 33.6 Å². The van der Waals surface area contributed by atoms with Gasteiger partial charge in [-0.15, -0.1) is 0 Å². The van der Waals surface area contributed by atoms with Gasteiger partial charge in [0.1, 0.15) is 0 Å². The Morgan fingerprint density at radius 2 is 1.94 bits per heavy atom. The lowest BCUT2D eigenvalue weighted by molar-refractivity contribution is -0.125. The molecule has 1 aliphatic heterocycles. The molecule has 5 heteroatoms. The average Bonchev–Trinajstić information content (AvgIpc) is 2.34. The molecule has 1 fully saturated rings. The number of aliphatic hydroxyl groups excluding tert-OH is 1. The second-order valence-electron chi connectivity index (χ2n) is 5.37. The van der Waals surface area contributed by atoms with Crippen LogP contribution in [-0.4, -0.2) is 49.0 Å². The average molecular weight is 258 g/mol. The van der Waals surface area contributed by atoms with Crippen LogP contribution in [0.2, 0.25) is 0 Å². The van der Waals surface area contributed by atoms with Crippen LogP contribution in [0.5, 0.6) is 0 Å². The monoisotopic (exact) mass is 258 g/mol. The van der Waals surface area contributed by atoms with Crippen molar-refractivity contribution in [2.75, 3.05) is 19.8 Å². The molecule has 0 aromatic carbocycles. The normalized spacial score (nSPS) is 20.7. The maximum atomic E-state index is 12.0. The summed E-state index contributed by atoms with van der Waals surface area (Å²) < 4.78 is 5.31. The topological polar surface area (TPSA) is 70.6 Å². The van der Waals surface area contributed by atoms with Crippen LogP contribution < -0.4 is 10.6 Å². The number of carbonyl (C=O) groups is 1. The Kier molecular flexibility index (Phi) is 6.60. The van der Waals surface area contributed by atoms with Gasteiger partial charge in [-0.2, -0.15) is 0 Å². The third kappa shape index (κ3) is 5.33. The fraction of sp³-hybridized carbons (Fsp3) is 0.923. The number of rotatable bonds is 6. The molecule has 1 aliphatic rings. The van der Waals surface area contributed by atoms with Crippen LogP contribution in [0.4, 0.5) is 0 Å². The summed E-state index contributed by atoms with van der Waals surface area (Å²) in [5, 5.41) is 15.4. The minimum Gasteiger partial charge on any atom is -0.392 e. The molecule has 0 radical (unpaired) electrons. The Labute approximate surface area is 109 Å². The summed E-state index contributed by atoms with van der Waals surface area (Å²) >= 11 is 0. The zero-order valence-electron chi connectivity index (χ0n) is 11.6. The highest BCUT2D eigenvalue weighted by atomic mass is 16.5. The maximum Gasteiger partial charge on any atom is 0.237 e. The van der Waals surface area contributed by atoms with E-state index in [1.807, 2.05) is 13.8 Å². The van der Waals surface area contributed by atoms with E-state index in [4.69, 9.17) is 4.74 Å². The van der Waals surface area contributed by atoms with Gasteiger partial charge in [-0.1, -0.05) is 13.8 Å². The van der Waals surface area contributed by atoms with E-state index in [0.29, 0.717) is 12.6 Å². The Hall–Kier alpha value is -0.650. The summed E-state index contributed by atoms with van der Waals surface area (Å²) in [6.07, 6.45) is 1.39. The SMILES string of the molecule is CC(O)CNC(=O)C(NC1CCOCC1)C(C)C. The van der Waals surface area contributed by atoms with Crippen molar-refractivity contribution in [2.24, 2.45) is 5.92 Å². The molecule has 1 heterocycles. The molecule has 106 valence electrons. The fourth-order valence-corrected chi connectivity index (χ4v) is 2.05. The first-order chi connectivity index (χ1) is 8.50. The van der Waals surface area contributed by atoms with Crippen LogP contribution in [0, 0.1) is 5.92 Å². The second-order valence-corrected chi connectivity index (χ2v) is 5.37. The van der Waals surface area contributed by atoms with Crippen LogP contribution in [0.3, 0.4) is 0 Å². The molecule has 1 saturated heterocycles. The number of ether oxygens (including phenoxy) is 1. The molecule has 0 spiro atoms. The lowest BCUT2D eigenvalue weighted by atomic mass is 10.00. The quantitative estimate of drug-likeness (QED) is 0.640. The van der Waals surface area contributed by atoms with E-state index in [2.05, 4.69) is 10.6 Å². The largest absolute Gasteiger partial charge is 0.392 e. The van der Waals surface area contributed by atoms with Crippen molar-refractivity contribution in [3.05, 3.63) is 0 Å². The van der Waals surface area contributed by atoms with E-state index >= 15 is 0 Å². The van der Waals surface area contributed by atoms with E-state index in [0.717, 1.165) is 26.1 Å². The summed E-state index contributed by atoms with van der Waals surface area (Å²) in [6, 6.07) is 0.148. The highest BCUT2D eigenvalue weighted by Crippen LogP contribution is 2.10. The van der Waals surface area contributed by atoms with E-state index in [9.17, 15) is 9.90 Å². The predicted octanol–water partition coefficient (Wildman–Crippen LogP) is 0.277. The van der Waals surface area contributed by atoms with E-state index < -0.39 is 6.10 Å². The third-order valence-corrected chi connectivity index (χ3v) is 3.16. The summed E-state index contributed by atoms with van der Waals surface area (Å²) in [5.41, 5.74) is 0. The summed E-state index contributed by atoms with van der Waals surface area (Å²) in [4.78, 5) is 12.0. The van der Waals surface area contributed by atoms with Crippen molar-refractivity contribution in [1.29, 1.82) is 0 Å². The van der Waals surface area contributed by atoms with E-state index in [1.54, 1.807) is 6.92 Å². The van der Waals surface area contributed by atoms with Gasteiger partial charge in [0.25, 0.3) is 0 Å². The van der Waals surface area contributed by atoms with Gasteiger partial charge in [-0.05, 0) is 25.7 Å². The minimum absolute atomic E-state index is 0.0302. The summed E-state index contributed by atoms with van der Waals surface area (Å²) in [5.74, 6) is 0.194. The van der Waals surface area contributed by atoms with Gasteiger partial charge in [0, 0.05) is 25.8 Å². The van der Waals surface area contributed by atoms with Crippen molar-refractivity contribution in [3.63, 3.8) is 0 Å². The van der Waals surface area contributed by atoms with Gasteiger partial charge in [-0.3, -0.25) is 4.79 Å². The number of amides is 1. The molecular formula is C13H26N2O3. The van der Waals surface area contributed by atoms with Gasteiger partial charge >= 0.3 is 0 Å². The lowest BCUT2D eigenvalue weighted by Crippen LogP contribution is -2.53. The number of hydrogen-bond acceptors (Lipinski definition) is 4. The zero-order valence-corrected chi connectivity index (χ0v) is 11.6. The maximum absolute atomic E-state index is 12.0. The van der Waals surface area contributed by atoms with Crippen molar-refractivity contribution < 1.29 is 14.6 Å². The van der Waals surface area contributed by atoms with E-state index in [1.165, 1.54) is 0 Å². The van der Waals surface area contributed by atoms with Crippen LogP contribution in [0.25, 0.3) is 0 Å². The molecule has 1 rings (SSSR count). The second kappa shape index (κ2) is 7.71. The third-order valence-electron chi connectivity index (χ3n) is 3.16. The fourth-order valence-electron chi connectivity index (χ4n) is 2.05. The molecule has 2 unspecified atom stereocenters. The van der Waals surface area contributed by atoms with Crippen molar-refractivity contribution in [1.82, 2.24) is 10.6 Å². The standard InChI is InChI=1S/C13H26N2O3/c1-9(2)12(13(17)14-8-10(3)16)15-11-4-6-18-7-5-11/h9-12,15-16H,4-8H2,1-3H3,(H,14,17). The summed E-state index contributed by atoms with van der Waals surface area (Å²) in [7, 11) is 0. The van der Waals surface area contributed by atoms with Gasteiger partial charge in [0.15, 0.2) is 0 Å². The Morgan fingerprint density at radius 1 is 1.33 bits per heavy atom. The van der Waals surface area contributed by atoms with Crippen molar-refractivity contribution in [3.8, 4) is 0 Å². The Bertz CT molecular complexity index is 251. The minimum atomic E-state index is -0.509. The van der Waals surface area contributed by atoms with Crippen LogP contribution in [-0.2, 0) is 9.53 Å². The predicted molar refractivity (Wildman–Crippen MR) is 70.3 cm³/mol. The molecule has 0 bridgehead atoms. The van der Waals surface area contributed by atoms with Gasteiger partial charge in [0.05, 0.1) is 12.1 Å². The highest BCUT2D eigenvalue weighted by molar-refractivity contribution is 5.82. The van der Waals surface area contributed by atoms with Gasteiger partial charge < -0.3 is 20.5 Å². The highest BCUT2D eigenvalue weighted by Gasteiger charge is 2.26. The van der Waals surface area contributed by atoms with Gasteiger partial charge in [-0.25, -0.2) is 0 Å². The molecule has 2 atom stereocenters. The molecular weight excluding hydrogens is 232 g/mol. The number of carbonyl (C=O) groups excluding carboxylic acids is 1. The van der Waals surface area contributed by atoms with Crippen LogP contribution >= 0.6 is 0 Å². The van der Waals surface area contributed by atoms with Crippen molar-refractivity contribution in [2.45, 2.75) is 51.8 Å². The number of hydrogen-bond donors (Lipinski definition) is 3. The molecule has 0 aliphatic carbocycles. The Balaban J connectivity index is 2.44. The first kappa shape index (κ1) is 15.4. The molecule has 5 nitrogen and oxygen atoms in total. The Morgan fingerprint density at radius 3 is 2.44 bits per heavy atom. The molecule has 3 N–H and O–H groups in total. The number of nitrogens with one attached hydrogen (secondary N) is 2. The van der Waals surface area contributed by atoms with Gasteiger partial charge in [0.2, 0.25) is 5.91 Å². The number of aliphatic hydroxyl groups is 1. The molecule has 0 aromatic rings.